The minimum atomic E-state index is -0.194. The van der Waals surface area contributed by atoms with E-state index in [2.05, 4.69) is 20.7 Å². The Balaban J connectivity index is 1.54. The number of aromatic nitrogens is 3. The molecule has 1 aliphatic carbocycles. The molecular formula is C20H20N6O2. The Morgan fingerprint density at radius 3 is 2.96 bits per heavy atom. The fraction of sp³-hybridized carbons (Fsp3) is 0.300. The lowest BCUT2D eigenvalue weighted by Gasteiger charge is -2.23. The van der Waals surface area contributed by atoms with Gasteiger partial charge in [0.25, 0.3) is 0 Å². The summed E-state index contributed by atoms with van der Waals surface area (Å²) >= 11 is 0. The van der Waals surface area contributed by atoms with Gasteiger partial charge in [-0.1, -0.05) is 12.1 Å². The first-order chi connectivity index (χ1) is 13.7. The summed E-state index contributed by atoms with van der Waals surface area (Å²) in [5, 5.41) is 10.5. The van der Waals surface area contributed by atoms with Gasteiger partial charge in [0.05, 0.1) is 12.7 Å². The molecular weight excluding hydrogens is 356 g/mol. The van der Waals surface area contributed by atoms with Crippen LogP contribution >= 0.6 is 0 Å². The zero-order valence-corrected chi connectivity index (χ0v) is 15.3. The van der Waals surface area contributed by atoms with Crippen molar-refractivity contribution >= 4 is 29.0 Å². The third kappa shape index (κ3) is 3.17. The molecule has 2 aromatic heterocycles. The third-order valence-electron chi connectivity index (χ3n) is 5.09. The summed E-state index contributed by atoms with van der Waals surface area (Å²) in [7, 11) is 0. The highest BCUT2D eigenvalue weighted by Gasteiger charge is 2.34. The SMILES string of the molecule is O=C1CN(C(=O)C2CC2)CCNc2ccn3ncc(c3n2)-c2cccc(c2)N1. The van der Waals surface area contributed by atoms with E-state index in [-0.39, 0.29) is 24.3 Å². The highest BCUT2D eigenvalue weighted by Crippen LogP contribution is 2.31. The molecule has 2 N–H and O–H groups in total. The Kier molecular flexibility index (Phi) is 3.96. The van der Waals surface area contributed by atoms with E-state index in [1.54, 1.807) is 15.6 Å². The van der Waals surface area contributed by atoms with E-state index in [9.17, 15) is 9.59 Å². The predicted molar refractivity (Wildman–Crippen MR) is 105 cm³/mol. The van der Waals surface area contributed by atoms with Crippen LogP contribution in [-0.4, -0.2) is 50.9 Å². The maximum Gasteiger partial charge on any atom is 0.243 e. The number of nitrogens with zero attached hydrogens (tertiary/aromatic N) is 4. The topological polar surface area (TPSA) is 91.6 Å². The fourth-order valence-corrected chi connectivity index (χ4v) is 3.48. The quantitative estimate of drug-likeness (QED) is 0.678. The van der Waals surface area contributed by atoms with Gasteiger partial charge in [0.2, 0.25) is 11.8 Å². The van der Waals surface area contributed by atoms with Gasteiger partial charge in [0, 0.05) is 36.5 Å². The second-order valence-corrected chi connectivity index (χ2v) is 7.23. The molecule has 2 amide bonds. The van der Waals surface area contributed by atoms with E-state index in [0.717, 1.165) is 29.6 Å². The van der Waals surface area contributed by atoms with Crippen molar-refractivity contribution in [2.45, 2.75) is 12.8 Å². The van der Waals surface area contributed by atoms with Crippen molar-refractivity contribution in [2.24, 2.45) is 5.92 Å². The first-order valence-corrected chi connectivity index (χ1v) is 9.45. The van der Waals surface area contributed by atoms with Crippen LogP contribution in [-0.2, 0) is 9.59 Å². The molecule has 3 heterocycles. The number of hydrogen-bond acceptors (Lipinski definition) is 5. The van der Waals surface area contributed by atoms with Crippen molar-refractivity contribution in [2.75, 3.05) is 30.3 Å². The summed E-state index contributed by atoms with van der Waals surface area (Å²) < 4.78 is 1.72. The second kappa shape index (κ2) is 6.63. The van der Waals surface area contributed by atoms with Gasteiger partial charge in [0.15, 0.2) is 5.65 Å². The van der Waals surface area contributed by atoms with Crippen LogP contribution in [0.1, 0.15) is 12.8 Å². The van der Waals surface area contributed by atoms with E-state index < -0.39 is 0 Å². The number of nitrogens with one attached hydrogen (secondary N) is 2. The van der Waals surface area contributed by atoms with E-state index in [4.69, 9.17) is 0 Å². The summed E-state index contributed by atoms with van der Waals surface area (Å²) in [5.41, 5.74) is 3.23. The van der Waals surface area contributed by atoms with Gasteiger partial charge < -0.3 is 15.5 Å². The molecule has 1 saturated carbocycles. The lowest BCUT2D eigenvalue weighted by Crippen LogP contribution is -2.41. The monoisotopic (exact) mass is 376 g/mol. The minimum absolute atomic E-state index is 0.0484. The lowest BCUT2D eigenvalue weighted by molar-refractivity contribution is -0.135. The number of carbonyl (C=O) groups is 2. The summed E-state index contributed by atoms with van der Waals surface area (Å²) in [4.78, 5) is 31.5. The summed E-state index contributed by atoms with van der Waals surface area (Å²) in [6, 6.07) is 9.44. The van der Waals surface area contributed by atoms with Crippen LogP contribution in [0.15, 0.2) is 42.7 Å². The number of anilines is 2. The molecule has 1 aromatic carbocycles. The van der Waals surface area contributed by atoms with Crippen molar-refractivity contribution in [1.29, 1.82) is 0 Å². The normalized spacial score (nSPS) is 17.1. The first kappa shape index (κ1) is 16.7. The smallest absolute Gasteiger partial charge is 0.243 e. The Bertz CT molecular complexity index is 1070. The largest absolute Gasteiger partial charge is 0.368 e. The Hall–Kier alpha value is -3.42. The molecule has 5 rings (SSSR count). The van der Waals surface area contributed by atoms with Crippen molar-refractivity contribution in [1.82, 2.24) is 19.5 Å². The molecule has 0 saturated heterocycles. The van der Waals surface area contributed by atoms with E-state index in [1.807, 2.05) is 36.5 Å². The van der Waals surface area contributed by atoms with Gasteiger partial charge in [-0.3, -0.25) is 9.59 Å². The first-order valence-electron chi connectivity index (χ1n) is 9.45. The van der Waals surface area contributed by atoms with Crippen molar-refractivity contribution < 1.29 is 9.59 Å². The van der Waals surface area contributed by atoms with Crippen LogP contribution in [0.2, 0.25) is 0 Å². The number of amides is 2. The summed E-state index contributed by atoms with van der Waals surface area (Å²) in [6.07, 6.45) is 5.46. The molecule has 0 spiro atoms. The molecule has 0 atom stereocenters. The average Bonchev–Trinajstić information content (AvgIpc) is 3.45. The van der Waals surface area contributed by atoms with Gasteiger partial charge >= 0.3 is 0 Å². The van der Waals surface area contributed by atoms with Crippen LogP contribution < -0.4 is 10.6 Å². The van der Waals surface area contributed by atoms with Crippen LogP contribution in [0.5, 0.6) is 0 Å². The standard InChI is InChI=1S/C20H20N6O2/c27-18-12-25(20(28)13-4-5-13)9-7-21-17-6-8-26-19(24-17)16(11-22-26)14-2-1-3-15(10-14)23-18/h1-3,6,8,10-11,13H,4-5,7,9,12H2,(H,21,24)(H,23,27). The fourth-order valence-electron chi connectivity index (χ4n) is 3.48. The van der Waals surface area contributed by atoms with Crippen LogP contribution in [0.4, 0.5) is 11.5 Å². The van der Waals surface area contributed by atoms with Gasteiger partial charge in [-0.2, -0.15) is 5.10 Å². The highest BCUT2D eigenvalue weighted by atomic mass is 16.2. The van der Waals surface area contributed by atoms with Gasteiger partial charge in [-0.25, -0.2) is 9.50 Å². The number of rotatable bonds is 1. The number of benzene rings is 1. The maximum absolute atomic E-state index is 12.6. The number of carbonyl (C=O) groups excluding carboxylic acids is 2. The third-order valence-corrected chi connectivity index (χ3v) is 5.09. The molecule has 8 heteroatoms. The maximum atomic E-state index is 12.6. The molecule has 1 aliphatic heterocycles. The summed E-state index contributed by atoms with van der Waals surface area (Å²) in [5.74, 6) is 0.642. The van der Waals surface area contributed by atoms with Crippen LogP contribution in [0.3, 0.4) is 0 Å². The number of hydrogen-bond donors (Lipinski definition) is 2. The molecule has 28 heavy (non-hydrogen) atoms. The van der Waals surface area contributed by atoms with Crippen LogP contribution in [0.25, 0.3) is 16.8 Å². The van der Waals surface area contributed by atoms with E-state index in [1.165, 1.54) is 0 Å². The van der Waals surface area contributed by atoms with Gasteiger partial charge in [-0.05, 0) is 36.6 Å². The zero-order valence-electron chi connectivity index (χ0n) is 15.3. The zero-order chi connectivity index (χ0) is 19.1. The van der Waals surface area contributed by atoms with Gasteiger partial charge in [0.1, 0.15) is 5.82 Å². The molecule has 0 unspecified atom stereocenters. The summed E-state index contributed by atoms with van der Waals surface area (Å²) in [6.45, 7) is 1.01. The molecule has 0 radical (unpaired) electrons. The molecule has 3 aromatic rings. The van der Waals surface area contributed by atoms with Crippen LogP contribution in [0, 0.1) is 5.92 Å². The average molecular weight is 376 g/mol. The highest BCUT2D eigenvalue weighted by molar-refractivity contribution is 5.96. The molecule has 8 nitrogen and oxygen atoms in total. The van der Waals surface area contributed by atoms with E-state index in [0.29, 0.717) is 24.6 Å². The van der Waals surface area contributed by atoms with Crippen molar-refractivity contribution in [3.8, 4) is 11.1 Å². The predicted octanol–water partition coefficient (Wildman–Crippen LogP) is 2.00. The molecule has 4 bridgehead atoms. The Labute approximate surface area is 161 Å². The Morgan fingerprint density at radius 1 is 1.21 bits per heavy atom. The lowest BCUT2D eigenvalue weighted by atomic mass is 10.1. The second-order valence-electron chi connectivity index (χ2n) is 7.23. The molecule has 142 valence electrons. The van der Waals surface area contributed by atoms with Gasteiger partial charge in [-0.15, -0.1) is 0 Å². The van der Waals surface area contributed by atoms with Crippen molar-refractivity contribution in [3.63, 3.8) is 0 Å². The Morgan fingerprint density at radius 2 is 2.11 bits per heavy atom. The van der Waals surface area contributed by atoms with Crippen molar-refractivity contribution in [3.05, 3.63) is 42.7 Å². The molecule has 1 fully saturated rings. The van der Waals surface area contributed by atoms with E-state index >= 15 is 0 Å². The minimum Gasteiger partial charge on any atom is -0.368 e. The number of fused-ring (bicyclic) bond motifs is 4. The molecule has 2 aliphatic rings.